The van der Waals surface area contributed by atoms with Gasteiger partial charge in [0.25, 0.3) is 11.8 Å². The largest absolute Gasteiger partial charge is 0.459 e. The van der Waals surface area contributed by atoms with Crippen molar-refractivity contribution in [3.8, 4) is 0 Å². The van der Waals surface area contributed by atoms with Gasteiger partial charge in [-0.15, -0.1) is 0 Å². The van der Waals surface area contributed by atoms with Crippen LogP contribution < -0.4 is 5.32 Å². The van der Waals surface area contributed by atoms with Crippen molar-refractivity contribution < 1.29 is 14.0 Å². The van der Waals surface area contributed by atoms with Gasteiger partial charge in [0, 0.05) is 27.9 Å². The molecule has 1 N–H and O–H groups in total. The molecule has 0 aliphatic carbocycles. The van der Waals surface area contributed by atoms with E-state index in [4.69, 9.17) is 4.42 Å². The predicted molar refractivity (Wildman–Crippen MR) is 101 cm³/mol. The van der Waals surface area contributed by atoms with E-state index in [0.29, 0.717) is 30.2 Å². The number of hydrogen-bond acceptors (Lipinski definition) is 5. The molecule has 132 valence electrons. The van der Waals surface area contributed by atoms with Crippen LogP contribution in [0.4, 0.5) is 5.13 Å². The Labute approximate surface area is 162 Å². The molecule has 0 unspecified atom stereocenters. The number of fused-ring (bicyclic) bond motifs is 1. The van der Waals surface area contributed by atoms with Gasteiger partial charge < -0.3 is 9.32 Å². The van der Waals surface area contributed by atoms with E-state index in [1.165, 1.54) is 17.6 Å². The number of halogens is 1. The first kappa shape index (κ1) is 17.0. The molecule has 8 heteroatoms. The van der Waals surface area contributed by atoms with E-state index in [2.05, 4.69) is 26.2 Å². The van der Waals surface area contributed by atoms with Gasteiger partial charge in [0.1, 0.15) is 0 Å². The van der Waals surface area contributed by atoms with Crippen LogP contribution in [-0.4, -0.2) is 28.2 Å². The number of anilines is 1. The summed E-state index contributed by atoms with van der Waals surface area (Å²) in [6.45, 7) is 1.10. The lowest BCUT2D eigenvalue weighted by atomic mass is 10.1. The molecule has 1 aliphatic heterocycles. The second-order valence-corrected chi connectivity index (χ2v) is 7.81. The number of nitrogens with one attached hydrogen (secondary N) is 1. The number of amides is 2. The molecule has 0 spiro atoms. The third-order valence-corrected chi connectivity index (χ3v) is 5.55. The smallest absolute Gasteiger partial charge is 0.293 e. The lowest BCUT2D eigenvalue weighted by Crippen LogP contribution is -2.35. The van der Waals surface area contributed by atoms with Crippen LogP contribution in [-0.2, 0) is 13.0 Å². The van der Waals surface area contributed by atoms with E-state index in [0.717, 1.165) is 15.0 Å². The molecule has 0 saturated carbocycles. The third-order valence-electron chi connectivity index (χ3n) is 4.06. The Kier molecular flexibility index (Phi) is 4.60. The van der Waals surface area contributed by atoms with Crippen molar-refractivity contribution in [1.82, 2.24) is 9.88 Å². The number of carbonyl (C=O) groups is 2. The Balaban J connectivity index is 1.48. The molecular weight excluding hydrogens is 418 g/mol. The Morgan fingerprint density at radius 3 is 2.92 bits per heavy atom. The number of hydrogen-bond donors (Lipinski definition) is 1. The van der Waals surface area contributed by atoms with Crippen molar-refractivity contribution in [2.75, 3.05) is 11.9 Å². The number of nitrogens with zero attached hydrogens (tertiary/aromatic N) is 2. The monoisotopic (exact) mass is 431 g/mol. The zero-order chi connectivity index (χ0) is 18.1. The van der Waals surface area contributed by atoms with Crippen LogP contribution in [0.3, 0.4) is 0 Å². The average molecular weight is 432 g/mol. The molecular formula is C18H14BrN3O3S. The minimum absolute atomic E-state index is 0.00785. The van der Waals surface area contributed by atoms with Crippen molar-refractivity contribution in [1.29, 1.82) is 0 Å². The van der Waals surface area contributed by atoms with Crippen LogP contribution in [0.25, 0.3) is 0 Å². The fraction of sp³-hybridized carbons (Fsp3) is 0.167. The van der Waals surface area contributed by atoms with Crippen LogP contribution in [0.1, 0.15) is 31.5 Å². The maximum atomic E-state index is 12.7. The second-order valence-electron chi connectivity index (χ2n) is 5.81. The summed E-state index contributed by atoms with van der Waals surface area (Å²) in [5, 5.41) is 3.27. The fourth-order valence-corrected chi connectivity index (χ4v) is 4.21. The maximum absolute atomic E-state index is 12.7. The van der Waals surface area contributed by atoms with E-state index in [1.54, 1.807) is 17.0 Å². The van der Waals surface area contributed by atoms with Crippen LogP contribution >= 0.6 is 27.3 Å². The summed E-state index contributed by atoms with van der Waals surface area (Å²) in [6, 6.07) is 10.6. The Hall–Kier alpha value is -2.45. The van der Waals surface area contributed by atoms with E-state index >= 15 is 0 Å². The summed E-state index contributed by atoms with van der Waals surface area (Å²) in [5.74, 6) is -0.0979. The van der Waals surface area contributed by atoms with Gasteiger partial charge in [-0.1, -0.05) is 33.3 Å². The van der Waals surface area contributed by atoms with Crippen molar-refractivity contribution in [3.05, 3.63) is 69.0 Å². The summed E-state index contributed by atoms with van der Waals surface area (Å²) in [6.07, 6.45) is 2.12. The maximum Gasteiger partial charge on any atom is 0.293 e. The molecule has 3 aromatic rings. The molecule has 0 radical (unpaired) electrons. The molecule has 2 amide bonds. The highest BCUT2D eigenvalue weighted by atomic mass is 79.9. The molecule has 4 rings (SSSR count). The minimum Gasteiger partial charge on any atom is -0.459 e. The highest BCUT2D eigenvalue weighted by molar-refractivity contribution is 9.10. The third kappa shape index (κ3) is 3.42. The molecule has 1 aliphatic rings. The molecule has 0 saturated heterocycles. The molecule has 0 atom stereocenters. The highest BCUT2D eigenvalue weighted by Gasteiger charge is 2.25. The Bertz CT molecular complexity index is 968. The van der Waals surface area contributed by atoms with Gasteiger partial charge in [0.2, 0.25) is 0 Å². The van der Waals surface area contributed by atoms with E-state index in [1.807, 2.05) is 24.3 Å². The van der Waals surface area contributed by atoms with Gasteiger partial charge in [0.15, 0.2) is 10.9 Å². The molecule has 0 fully saturated rings. The summed E-state index contributed by atoms with van der Waals surface area (Å²) < 4.78 is 5.96. The lowest BCUT2D eigenvalue weighted by molar-refractivity contribution is 0.0736. The first-order valence-electron chi connectivity index (χ1n) is 7.98. The molecule has 26 heavy (non-hydrogen) atoms. The van der Waals surface area contributed by atoms with E-state index in [-0.39, 0.29) is 17.6 Å². The first-order valence-corrected chi connectivity index (χ1v) is 9.59. The highest BCUT2D eigenvalue weighted by Crippen LogP contribution is 2.29. The van der Waals surface area contributed by atoms with Gasteiger partial charge in [-0.2, -0.15) is 0 Å². The zero-order valence-electron chi connectivity index (χ0n) is 13.6. The minimum atomic E-state index is -0.330. The number of furan rings is 1. The Morgan fingerprint density at radius 1 is 1.27 bits per heavy atom. The van der Waals surface area contributed by atoms with Crippen molar-refractivity contribution in [3.63, 3.8) is 0 Å². The predicted octanol–water partition coefficient (Wildman–Crippen LogP) is 3.95. The number of aromatic nitrogens is 1. The van der Waals surface area contributed by atoms with Gasteiger partial charge in [0.05, 0.1) is 18.5 Å². The number of benzene rings is 1. The summed E-state index contributed by atoms with van der Waals surface area (Å²) in [4.78, 5) is 32.1. The molecule has 3 heterocycles. The van der Waals surface area contributed by atoms with Gasteiger partial charge in [-0.25, -0.2) is 4.98 Å². The van der Waals surface area contributed by atoms with E-state index < -0.39 is 0 Å². The number of thiazole rings is 1. The van der Waals surface area contributed by atoms with Gasteiger partial charge in [-0.3, -0.25) is 14.9 Å². The standard InChI is InChI=1S/C18H14BrN3O3S/c19-12-4-1-3-11(9-12)17(24)22-7-6-13-15(10-22)26-18(20-13)21-16(23)14-5-2-8-25-14/h1-5,8-9H,6-7,10H2,(H,20,21,23). The van der Waals surface area contributed by atoms with E-state index in [9.17, 15) is 9.59 Å². The van der Waals surface area contributed by atoms with Crippen LogP contribution in [0, 0.1) is 0 Å². The lowest BCUT2D eigenvalue weighted by Gasteiger charge is -2.26. The number of carbonyl (C=O) groups excluding carboxylic acids is 2. The van der Waals surface area contributed by atoms with Crippen molar-refractivity contribution >= 4 is 44.2 Å². The summed E-state index contributed by atoms with van der Waals surface area (Å²) in [5.41, 5.74) is 1.58. The van der Waals surface area contributed by atoms with Crippen molar-refractivity contribution in [2.45, 2.75) is 13.0 Å². The molecule has 0 bridgehead atoms. The summed E-state index contributed by atoms with van der Waals surface area (Å²) in [7, 11) is 0. The fourth-order valence-electron chi connectivity index (χ4n) is 2.79. The molecule has 1 aromatic carbocycles. The first-order chi connectivity index (χ1) is 12.6. The quantitative estimate of drug-likeness (QED) is 0.680. The second kappa shape index (κ2) is 7.05. The van der Waals surface area contributed by atoms with Gasteiger partial charge >= 0.3 is 0 Å². The van der Waals surface area contributed by atoms with Gasteiger partial charge in [-0.05, 0) is 30.3 Å². The van der Waals surface area contributed by atoms with Crippen LogP contribution in [0.5, 0.6) is 0 Å². The summed E-state index contributed by atoms with van der Waals surface area (Å²) >= 11 is 4.79. The molecule has 6 nitrogen and oxygen atoms in total. The van der Waals surface area contributed by atoms with Crippen molar-refractivity contribution in [2.24, 2.45) is 0 Å². The average Bonchev–Trinajstić information content (AvgIpc) is 3.29. The zero-order valence-corrected chi connectivity index (χ0v) is 16.0. The Morgan fingerprint density at radius 2 is 2.15 bits per heavy atom. The normalized spacial score (nSPS) is 13.3. The van der Waals surface area contributed by atoms with Crippen LogP contribution in [0.2, 0.25) is 0 Å². The topological polar surface area (TPSA) is 75.4 Å². The SMILES string of the molecule is O=C(Nc1nc2c(s1)CN(C(=O)c1cccc(Br)c1)CC2)c1ccco1. The van der Waals surface area contributed by atoms with Crippen LogP contribution in [0.15, 0.2) is 51.6 Å². The molecule has 2 aromatic heterocycles. The number of rotatable bonds is 3.